The van der Waals surface area contributed by atoms with Crippen molar-refractivity contribution in [3.63, 3.8) is 0 Å². The average Bonchev–Trinajstić information content (AvgIpc) is 3.52. The van der Waals surface area contributed by atoms with Crippen LogP contribution in [0.5, 0.6) is 5.75 Å². The van der Waals surface area contributed by atoms with Crippen molar-refractivity contribution in [3.8, 4) is 22.7 Å². The van der Waals surface area contributed by atoms with Gasteiger partial charge in [-0.05, 0) is 55.3 Å². The summed E-state index contributed by atoms with van der Waals surface area (Å²) < 4.78 is 9.64. The van der Waals surface area contributed by atoms with Gasteiger partial charge >= 0.3 is 0 Å². The molecule has 0 saturated carbocycles. The predicted octanol–water partition coefficient (Wildman–Crippen LogP) is 6.04. The molecular weight excluding hydrogens is 436 g/mol. The Morgan fingerprint density at radius 3 is 2.57 bits per heavy atom. The van der Waals surface area contributed by atoms with Crippen LogP contribution in [0.15, 0.2) is 73.4 Å². The van der Waals surface area contributed by atoms with Gasteiger partial charge in [-0.3, -0.25) is 0 Å². The van der Waals surface area contributed by atoms with E-state index in [0.29, 0.717) is 6.54 Å². The fraction of sp³-hybridized carbons (Fsp3) is 0.214. The Balaban J connectivity index is 0.00000141. The van der Waals surface area contributed by atoms with Gasteiger partial charge in [0, 0.05) is 42.5 Å². The van der Waals surface area contributed by atoms with E-state index in [2.05, 4.69) is 35.4 Å². The van der Waals surface area contributed by atoms with Crippen LogP contribution in [0.1, 0.15) is 30.7 Å². The molecule has 0 spiro atoms. The highest BCUT2D eigenvalue weighted by Gasteiger charge is 2.12. The van der Waals surface area contributed by atoms with E-state index in [9.17, 15) is 0 Å². The first-order chi connectivity index (χ1) is 17.1. The smallest absolute Gasteiger partial charge is 0.161 e. The van der Waals surface area contributed by atoms with E-state index in [-0.39, 0.29) is 0 Å². The van der Waals surface area contributed by atoms with Gasteiger partial charge < -0.3 is 24.8 Å². The Labute approximate surface area is 206 Å². The number of anilines is 2. The Morgan fingerprint density at radius 2 is 1.86 bits per heavy atom. The third-order valence-corrected chi connectivity index (χ3v) is 5.74. The monoisotopic (exact) mass is 468 g/mol. The van der Waals surface area contributed by atoms with Gasteiger partial charge in [-0.25, -0.2) is 9.97 Å². The van der Waals surface area contributed by atoms with E-state index >= 15 is 0 Å². The van der Waals surface area contributed by atoms with Crippen molar-refractivity contribution in [1.82, 2.24) is 18.9 Å². The SMILES string of the molecule is CC.COc1cc(Nc2cccn3cc(-c4cc(CN)ccc4C)nc23)ccc1-n1cnc(C)c1. The van der Waals surface area contributed by atoms with Crippen molar-refractivity contribution >= 4 is 17.0 Å². The molecule has 5 rings (SSSR count). The molecule has 0 aliphatic carbocycles. The fourth-order valence-electron chi connectivity index (χ4n) is 3.99. The normalized spacial score (nSPS) is 10.7. The van der Waals surface area contributed by atoms with Gasteiger partial charge in [-0.2, -0.15) is 0 Å². The zero-order valence-electron chi connectivity index (χ0n) is 20.9. The topological polar surface area (TPSA) is 82.4 Å². The van der Waals surface area contributed by atoms with E-state index in [1.165, 1.54) is 5.56 Å². The minimum Gasteiger partial charge on any atom is -0.494 e. The summed E-state index contributed by atoms with van der Waals surface area (Å²) in [6, 6.07) is 16.3. The Kier molecular flexibility index (Phi) is 7.17. The number of aryl methyl sites for hydroxylation is 2. The van der Waals surface area contributed by atoms with Crippen LogP contribution in [0.25, 0.3) is 22.6 Å². The molecule has 180 valence electrons. The molecule has 0 atom stereocenters. The summed E-state index contributed by atoms with van der Waals surface area (Å²) in [6.07, 6.45) is 7.81. The molecular formula is C28H32N6O. The maximum absolute atomic E-state index is 5.85. The molecule has 7 heteroatoms. The minimum atomic E-state index is 0.504. The van der Waals surface area contributed by atoms with E-state index in [0.717, 1.165) is 51.0 Å². The zero-order chi connectivity index (χ0) is 24.9. The number of rotatable bonds is 6. The Bertz CT molecular complexity index is 1450. The molecule has 0 unspecified atom stereocenters. The second-order valence-electron chi connectivity index (χ2n) is 8.07. The quantitative estimate of drug-likeness (QED) is 0.317. The first-order valence-electron chi connectivity index (χ1n) is 11.8. The van der Waals surface area contributed by atoms with Crippen LogP contribution in [-0.2, 0) is 6.54 Å². The molecule has 7 nitrogen and oxygen atoms in total. The van der Waals surface area contributed by atoms with Gasteiger partial charge in [0.2, 0.25) is 0 Å². The number of hydrogen-bond acceptors (Lipinski definition) is 5. The number of nitrogens with two attached hydrogens (primary N) is 1. The first kappa shape index (κ1) is 24.0. The van der Waals surface area contributed by atoms with Crippen LogP contribution < -0.4 is 15.8 Å². The number of pyridine rings is 1. The van der Waals surface area contributed by atoms with Crippen molar-refractivity contribution in [1.29, 1.82) is 0 Å². The first-order valence-corrected chi connectivity index (χ1v) is 11.8. The highest BCUT2D eigenvalue weighted by molar-refractivity contribution is 5.78. The molecule has 5 aromatic rings. The van der Waals surface area contributed by atoms with E-state index in [1.807, 2.05) is 78.7 Å². The molecule has 0 amide bonds. The second kappa shape index (κ2) is 10.4. The highest BCUT2D eigenvalue weighted by atomic mass is 16.5. The van der Waals surface area contributed by atoms with Gasteiger partial charge in [-0.15, -0.1) is 0 Å². The summed E-state index contributed by atoms with van der Waals surface area (Å²) >= 11 is 0. The van der Waals surface area contributed by atoms with Crippen LogP contribution in [0.3, 0.4) is 0 Å². The minimum absolute atomic E-state index is 0.504. The molecule has 0 bridgehead atoms. The predicted molar refractivity (Wildman–Crippen MR) is 143 cm³/mol. The lowest BCUT2D eigenvalue weighted by Gasteiger charge is -2.13. The molecule has 3 N–H and O–H groups in total. The zero-order valence-corrected chi connectivity index (χ0v) is 20.9. The molecule has 3 aromatic heterocycles. The number of imidazole rings is 2. The number of ether oxygens (including phenoxy) is 1. The van der Waals surface area contributed by atoms with Gasteiger partial charge in [-0.1, -0.05) is 26.0 Å². The molecule has 0 aliphatic rings. The third-order valence-electron chi connectivity index (χ3n) is 5.74. The Morgan fingerprint density at radius 1 is 1.03 bits per heavy atom. The number of nitrogens with one attached hydrogen (secondary N) is 1. The van der Waals surface area contributed by atoms with Crippen molar-refractivity contribution in [2.75, 3.05) is 12.4 Å². The number of fused-ring (bicyclic) bond motifs is 1. The number of methoxy groups -OCH3 is 1. The summed E-state index contributed by atoms with van der Waals surface area (Å²) in [7, 11) is 1.67. The molecule has 0 saturated heterocycles. The van der Waals surface area contributed by atoms with Crippen molar-refractivity contribution in [2.24, 2.45) is 5.73 Å². The van der Waals surface area contributed by atoms with Crippen LogP contribution in [0.4, 0.5) is 11.4 Å². The fourth-order valence-corrected chi connectivity index (χ4v) is 3.99. The van der Waals surface area contributed by atoms with Crippen molar-refractivity contribution in [2.45, 2.75) is 34.2 Å². The van der Waals surface area contributed by atoms with E-state index in [4.69, 9.17) is 15.5 Å². The molecule has 2 aromatic carbocycles. The van der Waals surface area contributed by atoms with Crippen molar-refractivity contribution in [3.05, 3.63) is 90.3 Å². The van der Waals surface area contributed by atoms with Gasteiger partial charge in [0.1, 0.15) is 5.75 Å². The molecule has 35 heavy (non-hydrogen) atoms. The highest BCUT2D eigenvalue weighted by Crippen LogP contribution is 2.31. The summed E-state index contributed by atoms with van der Waals surface area (Å²) in [5, 5.41) is 3.50. The molecule has 0 fully saturated rings. The standard InChI is InChI=1S/C26H26N6O.C2H6/c1-17-6-7-19(13-27)11-21(17)23-15-31-10-4-5-22(26(31)30-23)29-20-8-9-24(25(12-20)33-3)32-14-18(2)28-16-32;1-2/h4-12,14-16,29H,13,27H2,1-3H3;1-2H3. The lowest BCUT2D eigenvalue weighted by Crippen LogP contribution is -1.99. The Hall–Kier alpha value is -4.10. The molecule has 0 aliphatic heterocycles. The average molecular weight is 469 g/mol. The third kappa shape index (κ3) is 4.90. The van der Waals surface area contributed by atoms with Crippen LogP contribution in [0.2, 0.25) is 0 Å². The number of aromatic nitrogens is 4. The van der Waals surface area contributed by atoms with Gasteiger partial charge in [0.25, 0.3) is 0 Å². The van der Waals surface area contributed by atoms with E-state index in [1.54, 1.807) is 13.4 Å². The second-order valence-corrected chi connectivity index (χ2v) is 8.07. The lowest BCUT2D eigenvalue weighted by atomic mass is 10.0. The summed E-state index contributed by atoms with van der Waals surface area (Å²) in [5.74, 6) is 0.752. The van der Waals surface area contributed by atoms with Crippen LogP contribution >= 0.6 is 0 Å². The summed E-state index contributed by atoms with van der Waals surface area (Å²) in [5.41, 5.74) is 14.7. The molecule has 0 radical (unpaired) electrons. The van der Waals surface area contributed by atoms with Gasteiger partial charge in [0.15, 0.2) is 5.65 Å². The summed E-state index contributed by atoms with van der Waals surface area (Å²) in [6.45, 7) is 8.56. The summed E-state index contributed by atoms with van der Waals surface area (Å²) in [4.78, 5) is 9.25. The number of nitrogens with zero attached hydrogens (tertiary/aromatic N) is 4. The lowest BCUT2D eigenvalue weighted by molar-refractivity contribution is 0.413. The maximum Gasteiger partial charge on any atom is 0.161 e. The largest absolute Gasteiger partial charge is 0.494 e. The maximum atomic E-state index is 5.85. The molecule has 3 heterocycles. The number of benzene rings is 2. The van der Waals surface area contributed by atoms with Gasteiger partial charge in [0.05, 0.1) is 36.2 Å². The van der Waals surface area contributed by atoms with Crippen molar-refractivity contribution < 1.29 is 4.74 Å². The van der Waals surface area contributed by atoms with E-state index < -0.39 is 0 Å². The van der Waals surface area contributed by atoms with Crippen LogP contribution in [0, 0.1) is 13.8 Å². The van der Waals surface area contributed by atoms with Crippen LogP contribution in [-0.4, -0.2) is 26.0 Å². The number of hydrogen-bond donors (Lipinski definition) is 2.